The van der Waals surface area contributed by atoms with Crippen LogP contribution in [-0.2, 0) is 20.2 Å². The molecule has 0 fully saturated rings. The second-order valence-electron chi connectivity index (χ2n) is 5.92. The molecule has 0 aliphatic rings. The third-order valence-corrected chi connectivity index (χ3v) is 5.71. The Balaban J connectivity index is 0.00000256. The SMILES string of the molecule is Nc1ccc2c(S(=O)(=O)O)cc(S(=O)(=O)O)cc2c1/N=N/c1ccccc1[N+](=O)[O-].[NaH].[NaH]. The first kappa shape index (κ1) is 28.6. The van der Waals surface area contributed by atoms with Gasteiger partial charge in [0.05, 0.1) is 15.5 Å². The number of hydrogen-bond acceptors (Lipinski definition) is 9. The first-order chi connectivity index (χ1) is 13.9. The maximum absolute atomic E-state index is 11.7. The van der Waals surface area contributed by atoms with Crippen molar-refractivity contribution in [1.82, 2.24) is 0 Å². The number of nitrogens with zero attached hydrogens (tertiary/aromatic N) is 3. The fraction of sp³-hybridized carbons (Fsp3) is 0. The van der Waals surface area contributed by atoms with E-state index in [0.717, 1.165) is 6.07 Å². The minimum absolute atomic E-state index is 0. The topological polar surface area (TPSA) is 203 Å². The first-order valence-corrected chi connectivity index (χ1v) is 10.7. The van der Waals surface area contributed by atoms with E-state index in [1.807, 2.05) is 0 Å². The first-order valence-electron chi connectivity index (χ1n) is 7.86. The van der Waals surface area contributed by atoms with E-state index in [0.29, 0.717) is 6.07 Å². The summed E-state index contributed by atoms with van der Waals surface area (Å²) in [5.74, 6) is 0. The van der Waals surface area contributed by atoms with Crippen LogP contribution in [0.15, 0.2) is 68.6 Å². The average molecular weight is 500 g/mol. The summed E-state index contributed by atoms with van der Waals surface area (Å²) in [7, 11) is -9.77. The van der Waals surface area contributed by atoms with E-state index in [2.05, 4.69) is 10.2 Å². The van der Waals surface area contributed by atoms with Crippen LogP contribution in [0.1, 0.15) is 0 Å². The summed E-state index contributed by atoms with van der Waals surface area (Å²) in [5.41, 5.74) is 5.06. The molecule has 160 valence electrons. The molecule has 3 aromatic carbocycles. The van der Waals surface area contributed by atoms with Crippen molar-refractivity contribution in [2.24, 2.45) is 10.2 Å². The Kier molecular flexibility index (Phi) is 9.51. The van der Waals surface area contributed by atoms with Crippen LogP contribution in [0.3, 0.4) is 0 Å². The molecule has 3 rings (SSSR count). The number of benzene rings is 3. The van der Waals surface area contributed by atoms with Gasteiger partial charge >= 0.3 is 59.1 Å². The molecule has 4 N–H and O–H groups in total. The molecular weight excluding hydrogens is 486 g/mol. The van der Waals surface area contributed by atoms with E-state index in [4.69, 9.17) is 5.73 Å². The second kappa shape index (κ2) is 10.6. The molecule has 0 amide bonds. The summed E-state index contributed by atoms with van der Waals surface area (Å²) < 4.78 is 65.4. The Morgan fingerprint density at radius 2 is 1.50 bits per heavy atom. The minimum atomic E-state index is -4.90. The van der Waals surface area contributed by atoms with Gasteiger partial charge in [-0.15, -0.1) is 10.2 Å². The average Bonchev–Trinajstić information content (AvgIpc) is 2.65. The van der Waals surface area contributed by atoms with Gasteiger partial charge in [0.1, 0.15) is 10.6 Å². The van der Waals surface area contributed by atoms with E-state index >= 15 is 0 Å². The number of nitro groups is 1. The van der Waals surface area contributed by atoms with Crippen molar-refractivity contribution in [2.45, 2.75) is 9.79 Å². The predicted molar refractivity (Wildman–Crippen MR) is 120 cm³/mol. The Hall–Kier alpha value is -1.46. The monoisotopic (exact) mass is 500 g/mol. The van der Waals surface area contributed by atoms with Crippen LogP contribution in [0.5, 0.6) is 0 Å². The van der Waals surface area contributed by atoms with E-state index in [9.17, 15) is 36.1 Å². The number of nitrogen functional groups attached to an aromatic ring is 1. The molecule has 3 aromatic rings. The van der Waals surface area contributed by atoms with E-state index in [1.165, 1.54) is 36.4 Å². The number of nitro benzene ring substituents is 1. The van der Waals surface area contributed by atoms with Crippen molar-refractivity contribution in [2.75, 3.05) is 5.73 Å². The van der Waals surface area contributed by atoms with Crippen LogP contribution < -0.4 is 5.73 Å². The van der Waals surface area contributed by atoms with Crippen molar-refractivity contribution in [3.05, 3.63) is 58.6 Å². The third kappa shape index (κ3) is 6.11. The van der Waals surface area contributed by atoms with Crippen LogP contribution in [0.4, 0.5) is 22.7 Å². The number of nitrogens with two attached hydrogens (primary N) is 1. The van der Waals surface area contributed by atoms with Gasteiger partial charge < -0.3 is 5.73 Å². The number of rotatable bonds is 5. The van der Waals surface area contributed by atoms with Crippen molar-refractivity contribution in [3.63, 3.8) is 0 Å². The fourth-order valence-corrected chi connectivity index (χ4v) is 4.00. The van der Waals surface area contributed by atoms with E-state index in [-0.39, 0.29) is 92.6 Å². The van der Waals surface area contributed by atoms with Crippen LogP contribution >= 0.6 is 0 Å². The summed E-state index contributed by atoms with van der Waals surface area (Å²) in [6.07, 6.45) is 0. The van der Waals surface area contributed by atoms with Crippen molar-refractivity contribution < 1.29 is 30.9 Å². The van der Waals surface area contributed by atoms with Crippen LogP contribution in [0.2, 0.25) is 0 Å². The molecule has 0 aliphatic heterocycles. The second-order valence-corrected chi connectivity index (χ2v) is 8.73. The van der Waals surface area contributed by atoms with Gasteiger partial charge in [-0.2, -0.15) is 16.8 Å². The van der Waals surface area contributed by atoms with E-state index in [1.54, 1.807) is 0 Å². The van der Waals surface area contributed by atoms with Gasteiger partial charge in [-0.1, -0.05) is 18.2 Å². The molecule has 0 atom stereocenters. The van der Waals surface area contributed by atoms with E-state index < -0.39 is 35.0 Å². The number of fused-ring (bicyclic) bond motifs is 1. The standard InChI is InChI=1S/C16H12N4O8S2.2Na.2H/c17-12-6-5-10-11(7-9(29(23,24)25)8-15(10)30(26,27)28)16(12)19-18-13-3-1-2-4-14(13)20(21)22;;;;/h1-8H,17H2,(H,23,24,25)(H,26,27,28);;;;/b19-18+;;;;. The van der Waals surface area contributed by atoms with Gasteiger partial charge in [-0.25, -0.2) is 0 Å². The molecule has 0 saturated carbocycles. The Labute approximate surface area is 226 Å². The molecule has 0 unspecified atom stereocenters. The summed E-state index contributed by atoms with van der Waals surface area (Å²) in [5, 5.41) is 18.4. The van der Waals surface area contributed by atoms with Crippen LogP contribution in [0, 0.1) is 10.1 Å². The third-order valence-electron chi connectivity index (χ3n) is 3.99. The molecule has 0 saturated heterocycles. The number of hydrogen-bond donors (Lipinski definition) is 3. The summed E-state index contributed by atoms with van der Waals surface area (Å²) in [6, 6.07) is 9.28. The molecule has 0 spiro atoms. The molecule has 0 heterocycles. The van der Waals surface area contributed by atoms with Crippen molar-refractivity contribution in [1.29, 1.82) is 0 Å². The Morgan fingerprint density at radius 1 is 0.875 bits per heavy atom. The summed E-state index contributed by atoms with van der Waals surface area (Å²) in [6.45, 7) is 0. The molecule has 0 aliphatic carbocycles. The van der Waals surface area contributed by atoms with Crippen molar-refractivity contribution in [3.8, 4) is 0 Å². The molecule has 32 heavy (non-hydrogen) atoms. The number of para-hydroxylation sites is 1. The predicted octanol–water partition coefficient (Wildman–Crippen LogP) is 1.94. The fourth-order valence-electron chi connectivity index (χ4n) is 2.66. The van der Waals surface area contributed by atoms with Gasteiger partial charge in [-0.05, 0) is 24.3 Å². The molecule has 0 bridgehead atoms. The quantitative estimate of drug-likeness (QED) is 0.117. The zero-order chi connectivity index (χ0) is 22.3. The maximum atomic E-state index is 11.7. The van der Waals surface area contributed by atoms with Gasteiger partial charge in [0.2, 0.25) is 0 Å². The molecular formula is C16H14N4Na2O8S2. The van der Waals surface area contributed by atoms with Crippen molar-refractivity contribution >= 4 is 113 Å². The van der Waals surface area contributed by atoms with Crippen LogP contribution in [-0.4, -0.2) is 90.0 Å². The normalized spacial score (nSPS) is 11.7. The zero-order valence-corrected chi connectivity index (χ0v) is 16.3. The molecule has 0 radical (unpaired) electrons. The van der Waals surface area contributed by atoms with Gasteiger partial charge in [0, 0.05) is 16.8 Å². The zero-order valence-electron chi connectivity index (χ0n) is 14.7. The van der Waals surface area contributed by atoms with Gasteiger partial charge in [-0.3, -0.25) is 19.2 Å². The number of anilines is 1. The summed E-state index contributed by atoms with van der Waals surface area (Å²) in [4.78, 5) is 8.78. The molecule has 16 heteroatoms. The molecule has 0 aromatic heterocycles. The van der Waals surface area contributed by atoms with Crippen LogP contribution in [0.25, 0.3) is 10.8 Å². The van der Waals surface area contributed by atoms with Gasteiger partial charge in [0.15, 0.2) is 5.69 Å². The Bertz CT molecular complexity index is 1440. The number of azo groups is 1. The Morgan fingerprint density at radius 3 is 2.06 bits per heavy atom. The molecule has 12 nitrogen and oxygen atoms in total. The van der Waals surface area contributed by atoms with Gasteiger partial charge in [0.25, 0.3) is 25.9 Å². The summed E-state index contributed by atoms with van der Waals surface area (Å²) >= 11 is 0.